The van der Waals surface area contributed by atoms with E-state index < -0.39 is 29.1 Å². The second kappa shape index (κ2) is 4.31. The molecule has 0 aromatic carbocycles. The summed E-state index contributed by atoms with van der Waals surface area (Å²) in [5.41, 5.74) is -1.93. The Kier molecular flexibility index (Phi) is 3.31. The number of alkyl halides is 2. The van der Waals surface area contributed by atoms with Gasteiger partial charge < -0.3 is 5.11 Å². The Morgan fingerprint density at radius 3 is 2.67 bits per heavy atom. The molecule has 1 N–H and O–H groups in total. The van der Waals surface area contributed by atoms with Crippen LogP contribution in [-0.2, 0) is 0 Å². The number of pyridine rings is 1. The zero-order valence-corrected chi connectivity index (χ0v) is 8.62. The predicted molar refractivity (Wildman–Crippen MR) is 48.6 cm³/mol. The minimum Gasteiger partial charge on any atom is -0.478 e. The van der Waals surface area contributed by atoms with Crippen molar-refractivity contribution in [2.45, 2.75) is 6.43 Å². The molecule has 1 heterocycles. The molecule has 0 fully saturated rings. The second-order valence-electron chi connectivity index (χ2n) is 2.47. The molecule has 0 saturated carbocycles. The van der Waals surface area contributed by atoms with Gasteiger partial charge in [0.25, 0.3) is 6.43 Å². The van der Waals surface area contributed by atoms with E-state index in [1.807, 2.05) is 0 Å². The average molecular weight is 277 g/mol. The molecular formula is C8H3BrF2N2O2. The lowest BCUT2D eigenvalue weighted by atomic mass is 10.1. The van der Waals surface area contributed by atoms with E-state index in [1.165, 1.54) is 6.07 Å². The number of nitrogens with zero attached hydrogens (tertiary/aromatic N) is 2. The summed E-state index contributed by atoms with van der Waals surface area (Å²) in [7, 11) is 0. The maximum absolute atomic E-state index is 12.6. The van der Waals surface area contributed by atoms with Crippen LogP contribution in [0.4, 0.5) is 8.78 Å². The van der Waals surface area contributed by atoms with E-state index in [1.54, 1.807) is 0 Å². The summed E-state index contributed by atoms with van der Waals surface area (Å²) >= 11 is 2.80. The van der Waals surface area contributed by atoms with Crippen molar-refractivity contribution in [3.8, 4) is 6.07 Å². The molecule has 7 heteroatoms. The number of aromatic nitrogens is 1. The number of nitriles is 1. The molecule has 4 nitrogen and oxygen atoms in total. The molecule has 0 atom stereocenters. The van der Waals surface area contributed by atoms with Gasteiger partial charge >= 0.3 is 5.97 Å². The molecule has 0 radical (unpaired) electrons. The van der Waals surface area contributed by atoms with Crippen molar-refractivity contribution in [3.63, 3.8) is 0 Å². The number of rotatable bonds is 2. The number of hydrogen-bond donors (Lipinski definition) is 1. The van der Waals surface area contributed by atoms with Crippen LogP contribution < -0.4 is 0 Å². The standard InChI is InChI=1S/C8H3BrF2N2O2/c9-6-3(1-12)5(7(10)11)4(2-13-6)8(14)15/h2,7H,(H,14,15). The Balaban J connectivity index is 3.58. The van der Waals surface area contributed by atoms with E-state index in [9.17, 15) is 13.6 Å². The maximum Gasteiger partial charge on any atom is 0.337 e. The van der Waals surface area contributed by atoms with Crippen LogP contribution >= 0.6 is 15.9 Å². The number of carboxylic acids is 1. The van der Waals surface area contributed by atoms with E-state index in [0.717, 1.165) is 6.20 Å². The van der Waals surface area contributed by atoms with Crippen LogP contribution in [0.2, 0.25) is 0 Å². The highest BCUT2D eigenvalue weighted by Gasteiger charge is 2.24. The third kappa shape index (κ3) is 2.10. The van der Waals surface area contributed by atoms with Gasteiger partial charge in [-0.2, -0.15) is 5.26 Å². The molecule has 0 bridgehead atoms. The molecule has 0 aliphatic rings. The molecule has 0 aliphatic carbocycles. The van der Waals surface area contributed by atoms with Gasteiger partial charge in [-0.25, -0.2) is 18.6 Å². The number of hydrogen-bond acceptors (Lipinski definition) is 3. The number of aromatic carboxylic acids is 1. The Hall–Kier alpha value is -1.55. The Morgan fingerprint density at radius 1 is 1.67 bits per heavy atom. The van der Waals surface area contributed by atoms with E-state index >= 15 is 0 Å². The maximum atomic E-state index is 12.6. The fourth-order valence-electron chi connectivity index (χ4n) is 1.00. The van der Waals surface area contributed by atoms with Gasteiger partial charge in [0.05, 0.1) is 16.7 Å². The predicted octanol–water partition coefficient (Wildman–Crippen LogP) is 2.35. The third-order valence-electron chi connectivity index (χ3n) is 1.63. The SMILES string of the molecule is N#Cc1c(Br)ncc(C(=O)O)c1C(F)F. The zero-order valence-electron chi connectivity index (χ0n) is 7.04. The van der Waals surface area contributed by atoms with Crippen molar-refractivity contribution in [1.82, 2.24) is 4.98 Å². The van der Waals surface area contributed by atoms with Crippen molar-refractivity contribution in [2.75, 3.05) is 0 Å². The van der Waals surface area contributed by atoms with E-state index in [2.05, 4.69) is 20.9 Å². The van der Waals surface area contributed by atoms with Crippen molar-refractivity contribution >= 4 is 21.9 Å². The lowest BCUT2D eigenvalue weighted by Crippen LogP contribution is -2.07. The summed E-state index contributed by atoms with van der Waals surface area (Å²) in [6.07, 6.45) is -2.25. The highest BCUT2D eigenvalue weighted by atomic mass is 79.9. The normalized spacial score (nSPS) is 10.1. The van der Waals surface area contributed by atoms with E-state index in [-0.39, 0.29) is 4.60 Å². The van der Waals surface area contributed by atoms with Gasteiger partial charge in [0.15, 0.2) is 0 Å². The molecule has 78 valence electrons. The molecule has 0 amide bonds. The molecular weight excluding hydrogens is 274 g/mol. The van der Waals surface area contributed by atoms with Crippen molar-refractivity contribution in [1.29, 1.82) is 5.26 Å². The summed E-state index contributed by atoms with van der Waals surface area (Å²) in [6.45, 7) is 0. The Bertz CT molecular complexity index is 457. The highest BCUT2D eigenvalue weighted by Crippen LogP contribution is 2.29. The smallest absolute Gasteiger partial charge is 0.337 e. The minimum absolute atomic E-state index is 0.0923. The van der Waals surface area contributed by atoms with Crippen LogP contribution in [0.15, 0.2) is 10.8 Å². The first kappa shape index (κ1) is 11.5. The first-order valence-electron chi connectivity index (χ1n) is 3.59. The molecule has 0 aliphatic heterocycles. The molecule has 1 rings (SSSR count). The van der Waals surface area contributed by atoms with Crippen LogP contribution in [0.1, 0.15) is 27.9 Å². The average Bonchev–Trinajstić information content (AvgIpc) is 2.16. The lowest BCUT2D eigenvalue weighted by Gasteiger charge is -2.07. The minimum atomic E-state index is -3.04. The summed E-state index contributed by atoms with van der Waals surface area (Å²) in [5.74, 6) is -1.54. The number of carboxylic acid groups (broad SMARTS) is 1. The second-order valence-corrected chi connectivity index (χ2v) is 3.22. The van der Waals surface area contributed by atoms with E-state index in [0.29, 0.717) is 0 Å². The monoisotopic (exact) mass is 276 g/mol. The molecule has 0 saturated heterocycles. The largest absolute Gasteiger partial charge is 0.478 e. The van der Waals surface area contributed by atoms with Crippen molar-refractivity contribution in [2.24, 2.45) is 0 Å². The van der Waals surface area contributed by atoms with Crippen LogP contribution in [-0.4, -0.2) is 16.1 Å². The Morgan fingerprint density at radius 2 is 2.27 bits per heavy atom. The summed E-state index contributed by atoms with van der Waals surface area (Å²) in [4.78, 5) is 14.1. The third-order valence-corrected chi connectivity index (χ3v) is 2.23. The topological polar surface area (TPSA) is 74.0 Å². The molecule has 0 spiro atoms. The van der Waals surface area contributed by atoms with E-state index in [4.69, 9.17) is 10.4 Å². The van der Waals surface area contributed by atoms with Gasteiger partial charge in [-0.05, 0) is 15.9 Å². The Labute approximate surface area is 91.3 Å². The highest BCUT2D eigenvalue weighted by molar-refractivity contribution is 9.10. The van der Waals surface area contributed by atoms with Crippen LogP contribution in [0.25, 0.3) is 0 Å². The van der Waals surface area contributed by atoms with Gasteiger partial charge in [0.1, 0.15) is 10.7 Å². The number of halogens is 3. The fourth-order valence-corrected chi connectivity index (χ4v) is 1.41. The van der Waals surface area contributed by atoms with Crippen molar-refractivity contribution < 1.29 is 18.7 Å². The van der Waals surface area contributed by atoms with Gasteiger partial charge in [0, 0.05) is 6.20 Å². The lowest BCUT2D eigenvalue weighted by molar-refractivity contribution is 0.0683. The fraction of sp³-hybridized carbons (Fsp3) is 0.125. The van der Waals surface area contributed by atoms with Crippen LogP contribution in [0, 0.1) is 11.3 Å². The summed E-state index contributed by atoms with van der Waals surface area (Å²) in [6, 6.07) is 1.49. The van der Waals surface area contributed by atoms with Gasteiger partial charge in [-0.1, -0.05) is 0 Å². The molecule has 0 unspecified atom stereocenters. The summed E-state index contributed by atoms with van der Waals surface area (Å²) < 4.78 is 25.0. The molecule has 15 heavy (non-hydrogen) atoms. The van der Waals surface area contributed by atoms with Crippen LogP contribution in [0.3, 0.4) is 0 Å². The zero-order chi connectivity index (χ0) is 11.6. The molecule has 1 aromatic rings. The van der Waals surface area contributed by atoms with Crippen LogP contribution in [0.5, 0.6) is 0 Å². The van der Waals surface area contributed by atoms with Gasteiger partial charge in [-0.15, -0.1) is 0 Å². The van der Waals surface area contributed by atoms with Gasteiger partial charge in [-0.3, -0.25) is 0 Å². The quantitative estimate of drug-likeness (QED) is 0.842. The van der Waals surface area contributed by atoms with Crippen molar-refractivity contribution in [3.05, 3.63) is 27.5 Å². The summed E-state index contributed by atoms with van der Waals surface area (Å²) in [5, 5.41) is 17.2. The first-order chi connectivity index (χ1) is 6.99. The number of carbonyl (C=O) groups is 1. The first-order valence-corrected chi connectivity index (χ1v) is 4.38. The van der Waals surface area contributed by atoms with Gasteiger partial charge in [0.2, 0.25) is 0 Å². The molecule has 1 aromatic heterocycles.